The number of nitrogens with zero attached hydrogens (tertiary/aromatic N) is 2. The van der Waals surface area contributed by atoms with Crippen molar-refractivity contribution in [1.29, 1.82) is 0 Å². The first-order valence-electron chi connectivity index (χ1n) is 10.8. The van der Waals surface area contributed by atoms with Crippen LogP contribution in [0, 0.1) is 0 Å². The van der Waals surface area contributed by atoms with Crippen molar-refractivity contribution >= 4 is 23.1 Å². The Morgan fingerprint density at radius 1 is 1.00 bits per heavy atom. The number of hydrogen-bond acceptors (Lipinski definition) is 4. The van der Waals surface area contributed by atoms with Crippen molar-refractivity contribution in [3.8, 4) is 0 Å². The van der Waals surface area contributed by atoms with Crippen molar-refractivity contribution in [3.63, 3.8) is 0 Å². The normalized spacial score (nSPS) is 18.6. The van der Waals surface area contributed by atoms with Gasteiger partial charge in [-0.2, -0.15) is 0 Å². The van der Waals surface area contributed by atoms with Gasteiger partial charge in [-0.25, -0.2) is 22.5 Å². The van der Waals surface area contributed by atoms with Crippen LogP contribution in [0.3, 0.4) is 0 Å². The molecule has 3 N–H and O–H groups in total. The number of hydrogen-bond donors (Lipinski definition) is 3. The highest BCUT2D eigenvalue weighted by molar-refractivity contribution is 5.94. The molecular weight excluding hydrogens is 438 g/mol. The van der Waals surface area contributed by atoms with Gasteiger partial charge in [0.15, 0.2) is 0 Å². The zero-order valence-electron chi connectivity index (χ0n) is 17.8. The van der Waals surface area contributed by atoms with Gasteiger partial charge >= 0.3 is 0 Å². The standard InChI is InChI=1S/C23H25F4N5O/c24-19(25)12-28-15-6-4-14(5-7-15)23(33)30-17-10-8-16(9-11-17)29-20-2-1-3-21-31-18(22(26)27)13-32(20)21/h1-7,13,16-17,19,22,28-29H,8-12H2,(H,30,33). The van der Waals surface area contributed by atoms with E-state index in [0.29, 0.717) is 22.7 Å². The summed E-state index contributed by atoms with van der Waals surface area (Å²) >= 11 is 0. The predicted molar refractivity (Wildman–Crippen MR) is 118 cm³/mol. The molecule has 0 aliphatic heterocycles. The third kappa shape index (κ3) is 5.74. The number of benzene rings is 1. The van der Waals surface area contributed by atoms with Crippen molar-refractivity contribution in [1.82, 2.24) is 14.7 Å². The maximum atomic E-state index is 13.0. The maximum absolute atomic E-state index is 13.0. The lowest BCUT2D eigenvalue weighted by Crippen LogP contribution is -2.40. The number of nitrogens with one attached hydrogen (secondary N) is 3. The van der Waals surface area contributed by atoms with Gasteiger partial charge in [0.1, 0.15) is 17.2 Å². The van der Waals surface area contributed by atoms with Crippen LogP contribution in [0.5, 0.6) is 0 Å². The Morgan fingerprint density at radius 3 is 2.36 bits per heavy atom. The highest BCUT2D eigenvalue weighted by atomic mass is 19.3. The zero-order valence-corrected chi connectivity index (χ0v) is 17.8. The quantitative estimate of drug-likeness (QED) is 0.407. The van der Waals surface area contributed by atoms with Crippen LogP contribution in [0.1, 0.15) is 48.2 Å². The molecule has 1 aliphatic rings. The van der Waals surface area contributed by atoms with E-state index < -0.39 is 19.4 Å². The summed E-state index contributed by atoms with van der Waals surface area (Å²) in [5.41, 5.74) is 1.21. The summed E-state index contributed by atoms with van der Waals surface area (Å²) in [5.74, 6) is 0.509. The number of halogens is 4. The van der Waals surface area contributed by atoms with Crippen LogP contribution in [0.2, 0.25) is 0 Å². The van der Waals surface area contributed by atoms with Gasteiger partial charge in [0.05, 0.1) is 6.54 Å². The van der Waals surface area contributed by atoms with Crippen molar-refractivity contribution in [2.45, 2.75) is 50.6 Å². The maximum Gasteiger partial charge on any atom is 0.281 e. The molecule has 3 aromatic rings. The average Bonchev–Trinajstić information content (AvgIpc) is 3.25. The lowest BCUT2D eigenvalue weighted by atomic mass is 9.91. The van der Waals surface area contributed by atoms with E-state index in [4.69, 9.17) is 0 Å². The van der Waals surface area contributed by atoms with Crippen molar-refractivity contribution in [2.75, 3.05) is 17.2 Å². The molecular formula is C23H25F4N5O. The van der Waals surface area contributed by atoms with E-state index in [1.807, 2.05) is 6.07 Å². The van der Waals surface area contributed by atoms with Gasteiger partial charge in [0.25, 0.3) is 18.8 Å². The van der Waals surface area contributed by atoms with E-state index in [9.17, 15) is 22.4 Å². The second kappa shape index (κ2) is 10.1. The molecule has 0 unspecified atom stereocenters. The molecule has 0 bridgehead atoms. The Hall–Kier alpha value is -3.30. The van der Waals surface area contributed by atoms with Crippen LogP contribution in [0.15, 0.2) is 48.7 Å². The Morgan fingerprint density at radius 2 is 1.70 bits per heavy atom. The fourth-order valence-corrected chi connectivity index (χ4v) is 4.05. The summed E-state index contributed by atoms with van der Waals surface area (Å²) in [6, 6.07) is 11.9. The fourth-order valence-electron chi connectivity index (χ4n) is 4.05. The zero-order chi connectivity index (χ0) is 23.4. The lowest BCUT2D eigenvalue weighted by molar-refractivity contribution is 0.0926. The van der Waals surface area contributed by atoms with Crippen LogP contribution in [0.25, 0.3) is 5.65 Å². The highest BCUT2D eigenvalue weighted by Crippen LogP contribution is 2.25. The minimum atomic E-state index is -2.62. The van der Waals surface area contributed by atoms with Crippen LogP contribution >= 0.6 is 0 Å². The third-order valence-electron chi connectivity index (χ3n) is 5.76. The third-order valence-corrected chi connectivity index (χ3v) is 5.76. The summed E-state index contributed by atoms with van der Waals surface area (Å²) < 4.78 is 52.2. The van der Waals surface area contributed by atoms with E-state index >= 15 is 0 Å². The number of imidazole rings is 1. The number of anilines is 2. The number of pyridine rings is 1. The van der Waals surface area contributed by atoms with E-state index in [0.717, 1.165) is 25.7 Å². The molecule has 6 nitrogen and oxygen atoms in total. The smallest absolute Gasteiger partial charge is 0.281 e. The summed E-state index contributed by atoms with van der Waals surface area (Å²) in [4.78, 5) is 16.5. The molecule has 0 saturated heterocycles. The SMILES string of the molecule is O=C(NC1CCC(Nc2cccc3nc(C(F)F)cn23)CC1)c1ccc(NCC(F)F)cc1. The van der Waals surface area contributed by atoms with Crippen LogP contribution in [-0.2, 0) is 0 Å². The van der Waals surface area contributed by atoms with Crippen LogP contribution in [0.4, 0.5) is 29.1 Å². The van der Waals surface area contributed by atoms with Gasteiger partial charge in [-0.3, -0.25) is 9.20 Å². The molecule has 1 aliphatic carbocycles. The number of fused-ring (bicyclic) bond motifs is 1. The minimum absolute atomic E-state index is 0.0293. The molecule has 1 amide bonds. The molecule has 0 spiro atoms. The monoisotopic (exact) mass is 463 g/mol. The molecule has 33 heavy (non-hydrogen) atoms. The van der Waals surface area contributed by atoms with Crippen molar-refractivity contribution in [3.05, 3.63) is 59.9 Å². The van der Waals surface area contributed by atoms with E-state index in [-0.39, 0.29) is 23.7 Å². The molecule has 2 heterocycles. The topological polar surface area (TPSA) is 70.5 Å². The molecule has 2 aromatic heterocycles. The first kappa shape index (κ1) is 22.9. The first-order valence-corrected chi connectivity index (χ1v) is 10.8. The number of carbonyl (C=O) groups excluding carboxylic acids is 1. The minimum Gasteiger partial charge on any atom is -0.379 e. The Kier molecular flexibility index (Phi) is 7.00. The number of alkyl halides is 4. The Balaban J connectivity index is 1.29. The molecule has 1 fully saturated rings. The van der Waals surface area contributed by atoms with E-state index in [1.54, 1.807) is 40.8 Å². The highest BCUT2D eigenvalue weighted by Gasteiger charge is 2.23. The number of amides is 1. The van der Waals surface area contributed by atoms with Gasteiger partial charge in [-0.15, -0.1) is 0 Å². The largest absolute Gasteiger partial charge is 0.379 e. The van der Waals surface area contributed by atoms with Gasteiger partial charge in [0, 0.05) is 29.5 Å². The Labute approximate surface area is 188 Å². The average molecular weight is 463 g/mol. The number of rotatable bonds is 8. The molecule has 176 valence electrons. The summed E-state index contributed by atoms with van der Waals surface area (Å²) in [6.45, 7) is -0.439. The van der Waals surface area contributed by atoms with Crippen LogP contribution < -0.4 is 16.0 Å². The van der Waals surface area contributed by atoms with Crippen molar-refractivity contribution < 1.29 is 22.4 Å². The van der Waals surface area contributed by atoms with E-state index in [2.05, 4.69) is 20.9 Å². The molecule has 0 radical (unpaired) electrons. The molecule has 4 rings (SSSR count). The van der Waals surface area contributed by atoms with Gasteiger partial charge < -0.3 is 16.0 Å². The van der Waals surface area contributed by atoms with Crippen molar-refractivity contribution in [2.24, 2.45) is 0 Å². The lowest BCUT2D eigenvalue weighted by Gasteiger charge is -2.30. The van der Waals surface area contributed by atoms with Gasteiger partial charge in [-0.05, 0) is 62.1 Å². The fraction of sp³-hybridized carbons (Fsp3) is 0.391. The van der Waals surface area contributed by atoms with Crippen LogP contribution in [-0.4, -0.2) is 40.3 Å². The second-order valence-electron chi connectivity index (χ2n) is 8.12. The summed E-state index contributed by atoms with van der Waals surface area (Å²) in [6.07, 6.45) is -0.535. The number of carbonyl (C=O) groups is 1. The summed E-state index contributed by atoms with van der Waals surface area (Å²) in [5, 5.41) is 9.04. The van der Waals surface area contributed by atoms with E-state index in [1.165, 1.54) is 6.20 Å². The Bertz CT molecular complexity index is 1080. The molecule has 1 saturated carbocycles. The second-order valence-corrected chi connectivity index (χ2v) is 8.12. The summed E-state index contributed by atoms with van der Waals surface area (Å²) in [7, 11) is 0. The predicted octanol–water partition coefficient (Wildman–Crippen LogP) is 5.10. The first-order chi connectivity index (χ1) is 15.9. The molecule has 10 heteroatoms. The number of aromatic nitrogens is 2. The van der Waals surface area contributed by atoms with Gasteiger partial charge in [0.2, 0.25) is 0 Å². The van der Waals surface area contributed by atoms with Gasteiger partial charge in [-0.1, -0.05) is 6.07 Å². The molecule has 1 aromatic carbocycles. The molecule has 0 atom stereocenters.